The van der Waals surface area contributed by atoms with Crippen molar-refractivity contribution in [1.29, 1.82) is 0 Å². The first-order chi connectivity index (χ1) is 7.21. The Bertz CT molecular complexity index is 254. The first-order valence-electron chi connectivity index (χ1n) is 5.56. The van der Waals surface area contributed by atoms with Crippen LogP contribution < -0.4 is 0 Å². The molecule has 0 aliphatic rings. The van der Waals surface area contributed by atoms with Gasteiger partial charge in [-0.15, -0.1) is 0 Å². The Morgan fingerprint density at radius 3 is 1.85 bits per heavy atom. The van der Waals surface area contributed by atoms with Crippen molar-refractivity contribution in [2.45, 2.75) is 27.6 Å². The number of hydrogen-bond acceptors (Lipinski definition) is 4. The quantitative estimate of drug-likeness (QED) is 0.494. The minimum Gasteiger partial charge on any atom is -0.465 e. The first kappa shape index (κ1) is 7.35. The Balaban J connectivity index is 5.20. The van der Waals surface area contributed by atoms with Crippen LogP contribution in [0, 0.1) is 5.41 Å². The molecule has 0 fully saturated rings. The van der Waals surface area contributed by atoms with E-state index in [1.54, 1.807) is 0 Å². The zero-order chi connectivity index (χ0) is 13.0. The van der Waals surface area contributed by atoms with E-state index in [4.69, 9.17) is 4.11 Å². The third kappa shape index (κ3) is 3.05. The van der Waals surface area contributed by atoms with Crippen molar-refractivity contribution in [3.05, 3.63) is 0 Å². The van der Waals surface area contributed by atoms with Crippen LogP contribution in [0.4, 0.5) is 0 Å². The molecular formula is C9H16O4. The molecule has 0 unspecified atom stereocenters. The van der Waals surface area contributed by atoms with Crippen LogP contribution in [0.5, 0.6) is 0 Å². The van der Waals surface area contributed by atoms with Gasteiger partial charge in [-0.3, -0.25) is 9.59 Å². The van der Waals surface area contributed by atoms with Crippen molar-refractivity contribution < 1.29 is 23.2 Å². The molecule has 0 aliphatic heterocycles. The molecule has 0 aromatic carbocycles. The van der Waals surface area contributed by atoms with Crippen LogP contribution in [-0.4, -0.2) is 25.2 Å². The predicted molar refractivity (Wildman–Crippen MR) is 47.0 cm³/mol. The molecule has 0 saturated carbocycles. The fourth-order valence-corrected chi connectivity index (χ4v) is 0.634. The highest BCUT2D eigenvalue weighted by Crippen LogP contribution is 2.19. The van der Waals surface area contributed by atoms with Crippen molar-refractivity contribution in [1.82, 2.24) is 0 Å². The van der Waals surface area contributed by atoms with Gasteiger partial charge in [0.25, 0.3) is 0 Å². The van der Waals surface area contributed by atoms with Gasteiger partial charge in [0.15, 0.2) is 5.41 Å². The summed E-state index contributed by atoms with van der Waals surface area (Å²) in [5.41, 5.74) is -2.26. The molecule has 0 rings (SSSR count). The van der Waals surface area contributed by atoms with E-state index in [1.807, 2.05) is 0 Å². The Kier molecular flexibility index (Phi) is 2.74. The van der Waals surface area contributed by atoms with Gasteiger partial charge in [0, 0.05) is 4.11 Å². The monoisotopic (exact) mass is 191 g/mol. The van der Waals surface area contributed by atoms with E-state index in [0.29, 0.717) is 0 Å². The molecule has 0 spiro atoms. The number of rotatable bonds is 4. The van der Waals surface area contributed by atoms with Crippen LogP contribution in [0.15, 0.2) is 0 Å². The highest BCUT2D eigenvalue weighted by molar-refractivity contribution is 5.99. The summed E-state index contributed by atoms with van der Waals surface area (Å²) >= 11 is 0. The summed E-state index contributed by atoms with van der Waals surface area (Å²) in [5, 5.41) is 0. The van der Waals surface area contributed by atoms with Crippen molar-refractivity contribution in [3.63, 3.8) is 0 Å². The third-order valence-corrected chi connectivity index (χ3v) is 1.37. The minimum absolute atomic E-state index is 0.00388. The van der Waals surface area contributed by atoms with Crippen molar-refractivity contribution in [3.8, 4) is 0 Å². The lowest BCUT2D eigenvalue weighted by atomic mass is 9.94. The number of ether oxygens (including phenoxy) is 2. The smallest absolute Gasteiger partial charge is 0.322 e. The lowest BCUT2D eigenvalue weighted by Gasteiger charge is -2.19. The molecule has 0 aromatic heterocycles. The van der Waals surface area contributed by atoms with E-state index in [9.17, 15) is 9.59 Å². The van der Waals surface area contributed by atoms with Gasteiger partial charge in [0.05, 0.1) is 13.2 Å². The fraction of sp³-hybridized carbons (Fsp3) is 0.778. The standard InChI is InChI=1S/C9H16O4/c1-5-12-7(10)9(3,4)8(11)13-6-2/h5-6H2,1-4H3/i3D3. The van der Waals surface area contributed by atoms with E-state index in [0.717, 1.165) is 6.92 Å². The SMILES string of the molecule is [2H]C([2H])([2H])C(C)(C(=O)OCC)C(=O)OCC. The highest BCUT2D eigenvalue weighted by atomic mass is 16.6. The number of carbonyl (C=O) groups is 2. The van der Waals surface area contributed by atoms with E-state index in [-0.39, 0.29) is 13.2 Å². The molecule has 0 amide bonds. The fourth-order valence-electron chi connectivity index (χ4n) is 0.634. The van der Waals surface area contributed by atoms with Crippen LogP contribution >= 0.6 is 0 Å². The van der Waals surface area contributed by atoms with Gasteiger partial charge in [-0.2, -0.15) is 0 Å². The van der Waals surface area contributed by atoms with Crippen molar-refractivity contribution in [2.75, 3.05) is 13.2 Å². The summed E-state index contributed by atoms with van der Waals surface area (Å²) in [6, 6.07) is 0. The maximum Gasteiger partial charge on any atom is 0.322 e. The van der Waals surface area contributed by atoms with Crippen LogP contribution in [0.2, 0.25) is 0 Å². The molecular weight excluding hydrogens is 172 g/mol. The van der Waals surface area contributed by atoms with Crippen LogP contribution in [0.25, 0.3) is 0 Å². The van der Waals surface area contributed by atoms with Gasteiger partial charge in [0.2, 0.25) is 0 Å². The average Bonchev–Trinajstić information content (AvgIpc) is 2.15. The second-order valence-electron chi connectivity index (χ2n) is 2.57. The molecule has 0 aromatic rings. The Labute approximate surface area is 82.4 Å². The van der Waals surface area contributed by atoms with Crippen molar-refractivity contribution in [2.24, 2.45) is 5.41 Å². The Hall–Kier alpha value is -1.06. The molecule has 0 radical (unpaired) electrons. The predicted octanol–water partition coefficient (Wildman–Crippen LogP) is 1.14. The van der Waals surface area contributed by atoms with Gasteiger partial charge >= 0.3 is 11.9 Å². The zero-order valence-electron chi connectivity index (χ0n) is 11.0. The normalized spacial score (nSPS) is 15.2. The van der Waals surface area contributed by atoms with Crippen LogP contribution in [0.3, 0.4) is 0 Å². The second kappa shape index (κ2) is 4.84. The van der Waals surface area contributed by atoms with Crippen LogP contribution in [-0.2, 0) is 19.1 Å². The third-order valence-electron chi connectivity index (χ3n) is 1.37. The molecule has 13 heavy (non-hydrogen) atoms. The lowest BCUT2D eigenvalue weighted by molar-refractivity contribution is -0.169. The summed E-state index contributed by atoms with van der Waals surface area (Å²) in [4.78, 5) is 23.1. The van der Waals surface area contributed by atoms with Gasteiger partial charge in [-0.05, 0) is 27.6 Å². The largest absolute Gasteiger partial charge is 0.465 e. The second-order valence-corrected chi connectivity index (χ2v) is 2.57. The maximum atomic E-state index is 11.5. The zero-order valence-corrected chi connectivity index (χ0v) is 8.05. The average molecular weight is 191 g/mol. The molecule has 4 heteroatoms. The highest BCUT2D eigenvalue weighted by Gasteiger charge is 2.38. The van der Waals surface area contributed by atoms with Gasteiger partial charge < -0.3 is 9.47 Å². The topological polar surface area (TPSA) is 52.6 Å². The van der Waals surface area contributed by atoms with E-state index < -0.39 is 24.2 Å². The van der Waals surface area contributed by atoms with E-state index in [1.165, 1.54) is 13.8 Å². The lowest BCUT2D eigenvalue weighted by Crippen LogP contribution is -2.36. The molecule has 76 valence electrons. The Morgan fingerprint density at radius 2 is 1.62 bits per heavy atom. The Morgan fingerprint density at radius 1 is 1.23 bits per heavy atom. The number of carbonyl (C=O) groups excluding carboxylic acids is 2. The van der Waals surface area contributed by atoms with Gasteiger partial charge in [-0.25, -0.2) is 0 Å². The maximum absolute atomic E-state index is 11.5. The molecule has 0 aliphatic carbocycles. The summed E-state index contributed by atoms with van der Waals surface area (Å²) < 4.78 is 30.9. The van der Waals surface area contributed by atoms with Crippen molar-refractivity contribution >= 4 is 11.9 Å². The molecule has 0 N–H and O–H groups in total. The summed E-state index contributed by atoms with van der Waals surface area (Å²) in [6.45, 7) is 1.28. The summed E-state index contributed by atoms with van der Waals surface area (Å²) in [7, 11) is 0. The van der Waals surface area contributed by atoms with Gasteiger partial charge in [-0.1, -0.05) is 0 Å². The van der Waals surface area contributed by atoms with Gasteiger partial charge in [0.1, 0.15) is 0 Å². The molecule has 0 atom stereocenters. The van der Waals surface area contributed by atoms with E-state index in [2.05, 4.69) is 9.47 Å². The molecule has 4 nitrogen and oxygen atoms in total. The number of esters is 2. The van der Waals surface area contributed by atoms with E-state index >= 15 is 0 Å². The number of hydrogen-bond donors (Lipinski definition) is 0. The first-order valence-corrected chi connectivity index (χ1v) is 4.06. The summed E-state index contributed by atoms with van der Waals surface area (Å²) in [5.74, 6) is -2.18. The summed E-state index contributed by atoms with van der Waals surface area (Å²) in [6.07, 6.45) is 0. The molecule has 0 heterocycles. The van der Waals surface area contributed by atoms with Crippen LogP contribution in [0.1, 0.15) is 31.7 Å². The molecule has 0 bridgehead atoms. The molecule has 0 saturated heterocycles. The minimum atomic E-state index is -2.80.